The molecule has 0 aliphatic carbocycles. The monoisotopic (exact) mass is 185 g/mol. The largest absolute Gasteiger partial charge is 0.310 e. The number of benzene rings is 1. The second-order valence-electron chi connectivity index (χ2n) is 2.96. The Hall–Kier alpha value is -0.600. The Labute approximate surface area is 75.5 Å². The molecule has 1 heterocycles. The van der Waals surface area contributed by atoms with Gasteiger partial charge in [-0.1, -0.05) is 11.6 Å². The fourth-order valence-electron chi connectivity index (χ4n) is 1.34. The molecule has 1 aliphatic rings. The van der Waals surface area contributed by atoms with Gasteiger partial charge in [0, 0.05) is 16.6 Å². The van der Waals surface area contributed by atoms with E-state index in [-0.39, 0.29) is 11.9 Å². The van der Waals surface area contributed by atoms with Crippen LogP contribution >= 0.6 is 11.6 Å². The second kappa shape index (κ2) is 3.04. The predicted molar refractivity (Wildman–Crippen MR) is 46.8 cm³/mol. The first-order valence-electron chi connectivity index (χ1n) is 3.96. The standard InChI is InChI=1S/C9H9ClFN/c10-6-1-2-8(11)7(5-6)9-3-4-12-9/h1-2,5,9,12H,3-4H2/t9-/m1/s1. The van der Waals surface area contributed by atoms with Gasteiger partial charge in [0.25, 0.3) is 0 Å². The lowest BCUT2D eigenvalue weighted by Crippen LogP contribution is -2.35. The molecule has 1 aromatic carbocycles. The van der Waals surface area contributed by atoms with Gasteiger partial charge in [-0.2, -0.15) is 0 Å². The minimum absolute atomic E-state index is 0.170. The van der Waals surface area contributed by atoms with Crippen LogP contribution in [0.3, 0.4) is 0 Å². The molecule has 0 radical (unpaired) electrons. The Kier molecular flexibility index (Phi) is 2.03. The van der Waals surface area contributed by atoms with Gasteiger partial charge in [-0.3, -0.25) is 0 Å². The van der Waals surface area contributed by atoms with Crippen LogP contribution in [0.5, 0.6) is 0 Å². The van der Waals surface area contributed by atoms with Crippen molar-refractivity contribution >= 4 is 11.6 Å². The van der Waals surface area contributed by atoms with Gasteiger partial charge in [0.1, 0.15) is 5.82 Å². The first kappa shape index (κ1) is 8.02. The lowest BCUT2D eigenvalue weighted by molar-refractivity contribution is 0.370. The zero-order valence-corrected chi connectivity index (χ0v) is 7.24. The molecule has 3 heteroatoms. The SMILES string of the molecule is Fc1ccc(Cl)cc1[C@H]1CCN1. The summed E-state index contributed by atoms with van der Waals surface area (Å²) < 4.78 is 13.1. The van der Waals surface area contributed by atoms with Crippen molar-refractivity contribution in [3.05, 3.63) is 34.6 Å². The van der Waals surface area contributed by atoms with E-state index in [4.69, 9.17) is 11.6 Å². The van der Waals surface area contributed by atoms with E-state index in [1.54, 1.807) is 12.1 Å². The van der Waals surface area contributed by atoms with Crippen LogP contribution in [0.25, 0.3) is 0 Å². The van der Waals surface area contributed by atoms with Gasteiger partial charge >= 0.3 is 0 Å². The Morgan fingerprint density at radius 2 is 2.25 bits per heavy atom. The number of rotatable bonds is 1. The maximum absolute atomic E-state index is 13.1. The van der Waals surface area contributed by atoms with Gasteiger partial charge in [0.15, 0.2) is 0 Å². The highest BCUT2D eigenvalue weighted by Gasteiger charge is 2.21. The van der Waals surface area contributed by atoms with Crippen LogP contribution in [0.2, 0.25) is 5.02 Å². The fraction of sp³-hybridized carbons (Fsp3) is 0.333. The quantitative estimate of drug-likeness (QED) is 0.709. The van der Waals surface area contributed by atoms with E-state index in [0.717, 1.165) is 13.0 Å². The lowest BCUT2D eigenvalue weighted by Gasteiger charge is -2.28. The summed E-state index contributed by atoms with van der Waals surface area (Å²) in [6.07, 6.45) is 0.997. The van der Waals surface area contributed by atoms with Crippen LogP contribution in [0.1, 0.15) is 18.0 Å². The molecule has 0 saturated carbocycles. The third kappa shape index (κ3) is 1.32. The van der Waals surface area contributed by atoms with Crippen molar-refractivity contribution in [3.63, 3.8) is 0 Å². The van der Waals surface area contributed by atoms with Gasteiger partial charge in [0.05, 0.1) is 0 Å². The zero-order valence-electron chi connectivity index (χ0n) is 6.48. The van der Waals surface area contributed by atoms with Gasteiger partial charge in [-0.15, -0.1) is 0 Å². The molecule has 0 aromatic heterocycles. The van der Waals surface area contributed by atoms with Crippen LogP contribution in [0, 0.1) is 5.82 Å². The minimum Gasteiger partial charge on any atom is -0.310 e. The first-order chi connectivity index (χ1) is 5.77. The van der Waals surface area contributed by atoms with Crippen LogP contribution in [0.4, 0.5) is 4.39 Å². The Bertz CT molecular complexity index is 297. The minimum atomic E-state index is -0.170. The highest BCUT2D eigenvalue weighted by molar-refractivity contribution is 6.30. The molecule has 12 heavy (non-hydrogen) atoms. The molecule has 0 unspecified atom stereocenters. The molecule has 0 spiro atoms. The number of halogens is 2. The van der Waals surface area contributed by atoms with Crippen molar-refractivity contribution in [3.8, 4) is 0 Å². The van der Waals surface area contributed by atoms with Gasteiger partial charge in [-0.25, -0.2) is 4.39 Å². The van der Waals surface area contributed by atoms with Crippen molar-refractivity contribution in [1.29, 1.82) is 0 Å². The Morgan fingerprint density at radius 1 is 1.50 bits per heavy atom. The fourth-order valence-corrected chi connectivity index (χ4v) is 1.52. The maximum atomic E-state index is 13.1. The average Bonchev–Trinajstić information content (AvgIpc) is 1.93. The van der Waals surface area contributed by atoms with E-state index in [2.05, 4.69) is 5.32 Å². The summed E-state index contributed by atoms with van der Waals surface area (Å²) in [4.78, 5) is 0. The van der Waals surface area contributed by atoms with Crippen LogP contribution in [0.15, 0.2) is 18.2 Å². The van der Waals surface area contributed by atoms with E-state index in [0.29, 0.717) is 10.6 Å². The van der Waals surface area contributed by atoms with E-state index < -0.39 is 0 Å². The van der Waals surface area contributed by atoms with E-state index in [1.165, 1.54) is 6.07 Å². The second-order valence-corrected chi connectivity index (χ2v) is 3.40. The average molecular weight is 186 g/mol. The number of hydrogen-bond acceptors (Lipinski definition) is 1. The van der Waals surface area contributed by atoms with Crippen LogP contribution < -0.4 is 5.32 Å². The van der Waals surface area contributed by atoms with Crippen molar-refractivity contribution in [1.82, 2.24) is 5.32 Å². The van der Waals surface area contributed by atoms with Gasteiger partial charge < -0.3 is 5.32 Å². The summed E-state index contributed by atoms with van der Waals surface area (Å²) in [6.45, 7) is 0.969. The highest BCUT2D eigenvalue weighted by atomic mass is 35.5. The van der Waals surface area contributed by atoms with Crippen LogP contribution in [-0.4, -0.2) is 6.54 Å². The molecule has 1 N–H and O–H groups in total. The van der Waals surface area contributed by atoms with Crippen molar-refractivity contribution in [2.45, 2.75) is 12.5 Å². The molecule has 1 aromatic rings. The molecule has 64 valence electrons. The summed E-state index contributed by atoms with van der Waals surface area (Å²) in [7, 11) is 0. The molecule has 2 rings (SSSR count). The molecular weight excluding hydrogens is 177 g/mol. The summed E-state index contributed by atoms with van der Waals surface area (Å²) in [5.74, 6) is -0.170. The van der Waals surface area contributed by atoms with Crippen molar-refractivity contribution < 1.29 is 4.39 Å². The van der Waals surface area contributed by atoms with E-state index >= 15 is 0 Å². The third-order valence-corrected chi connectivity index (χ3v) is 2.39. The van der Waals surface area contributed by atoms with Crippen molar-refractivity contribution in [2.75, 3.05) is 6.54 Å². The van der Waals surface area contributed by atoms with E-state index in [9.17, 15) is 4.39 Å². The maximum Gasteiger partial charge on any atom is 0.128 e. The van der Waals surface area contributed by atoms with Gasteiger partial charge in [-0.05, 0) is 31.2 Å². The molecule has 1 fully saturated rings. The number of hydrogen-bond donors (Lipinski definition) is 1. The molecule has 1 aliphatic heterocycles. The normalized spacial score (nSPS) is 22.0. The van der Waals surface area contributed by atoms with Crippen LogP contribution in [-0.2, 0) is 0 Å². The lowest BCUT2D eigenvalue weighted by atomic mass is 9.98. The van der Waals surface area contributed by atoms with Crippen molar-refractivity contribution in [2.24, 2.45) is 0 Å². The summed E-state index contributed by atoms with van der Waals surface area (Å²) in [6, 6.07) is 4.84. The molecule has 0 amide bonds. The highest BCUT2D eigenvalue weighted by Crippen LogP contribution is 2.27. The number of nitrogens with one attached hydrogen (secondary N) is 1. The first-order valence-corrected chi connectivity index (χ1v) is 4.33. The molecule has 1 nitrogen and oxygen atoms in total. The topological polar surface area (TPSA) is 12.0 Å². The molecule has 1 saturated heterocycles. The smallest absolute Gasteiger partial charge is 0.128 e. The molecule has 0 bridgehead atoms. The Balaban J connectivity index is 2.34. The Morgan fingerprint density at radius 3 is 2.83 bits per heavy atom. The molecular formula is C9H9ClFN. The predicted octanol–water partition coefficient (Wildman–Crippen LogP) is 2.51. The zero-order chi connectivity index (χ0) is 8.55. The van der Waals surface area contributed by atoms with Gasteiger partial charge in [0.2, 0.25) is 0 Å². The van der Waals surface area contributed by atoms with E-state index in [1.807, 2.05) is 0 Å². The summed E-state index contributed by atoms with van der Waals surface area (Å²) in [5.41, 5.74) is 0.689. The third-order valence-electron chi connectivity index (χ3n) is 2.16. The summed E-state index contributed by atoms with van der Waals surface area (Å²) in [5, 5.41) is 3.73. The summed E-state index contributed by atoms with van der Waals surface area (Å²) >= 11 is 5.75. The molecule has 1 atom stereocenters.